The van der Waals surface area contributed by atoms with Crippen molar-refractivity contribution in [2.24, 2.45) is 0 Å². The van der Waals surface area contributed by atoms with Crippen LogP contribution < -0.4 is 0 Å². The van der Waals surface area contributed by atoms with E-state index in [9.17, 15) is 8.42 Å². The van der Waals surface area contributed by atoms with Crippen LogP contribution in [0.4, 0.5) is 0 Å². The Labute approximate surface area is 187 Å². The van der Waals surface area contributed by atoms with Crippen LogP contribution in [0, 0.1) is 0 Å². The van der Waals surface area contributed by atoms with Crippen LogP contribution in [-0.4, -0.2) is 24.3 Å². The Morgan fingerprint density at radius 2 is 1.71 bits per heavy atom. The molecule has 6 heteroatoms. The van der Waals surface area contributed by atoms with Gasteiger partial charge in [-0.2, -0.15) is 4.31 Å². The van der Waals surface area contributed by atoms with E-state index in [1.54, 1.807) is 16.4 Å². The molecule has 0 saturated heterocycles. The first-order valence-corrected chi connectivity index (χ1v) is 12.3. The molecule has 0 amide bonds. The molecule has 1 aliphatic heterocycles. The minimum Gasteiger partial charge on any atom is -0.357 e. The second-order valence-electron chi connectivity index (χ2n) is 7.88. The number of sulfonamides is 1. The van der Waals surface area contributed by atoms with Gasteiger partial charge in [-0.15, -0.1) is 0 Å². The zero-order chi connectivity index (χ0) is 21.6. The van der Waals surface area contributed by atoms with Crippen molar-refractivity contribution in [1.29, 1.82) is 0 Å². The van der Waals surface area contributed by atoms with Gasteiger partial charge in [-0.1, -0.05) is 61.0 Å². The van der Waals surface area contributed by atoms with E-state index in [4.69, 9.17) is 11.6 Å². The van der Waals surface area contributed by atoms with Crippen molar-refractivity contribution in [3.8, 4) is 0 Å². The molecule has 158 valence electrons. The number of para-hydroxylation sites is 1. The van der Waals surface area contributed by atoms with E-state index in [0.29, 0.717) is 22.9 Å². The molecule has 1 aliphatic rings. The second-order valence-corrected chi connectivity index (χ2v) is 10.2. The number of aromatic amines is 1. The fourth-order valence-corrected chi connectivity index (χ4v) is 6.20. The maximum atomic E-state index is 13.7. The Bertz CT molecular complexity index is 1340. The lowest BCUT2D eigenvalue weighted by Crippen LogP contribution is -2.40. The Hall–Kier alpha value is -2.60. The van der Waals surface area contributed by atoms with Crippen LogP contribution in [0.1, 0.15) is 35.3 Å². The third kappa shape index (κ3) is 3.47. The monoisotopic (exact) mass is 450 g/mol. The first kappa shape index (κ1) is 20.3. The molecule has 4 nitrogen and oxygen atoms in total. The molecule has 31 heavy (non-hydrogen) atoms. The molecule has 0 bridgehead atoms. The van der Waals surface area contributed by atoms with Crippen LogP contribution in [0.3, 0.4) is 0 Å². The molecule has 1 aromatic heterocycles. The number of aryl methyl sites for hydroxylation is 1. The van der Waals surface area contributed by atoms with Gasteiger partial charge in [0, 0.05) is 28.2 Å². The van der Waals surface area contributed by atoms with Crippen LogP contribution in [0.5, 0.6) is 0 Å². The van der Waals surface area contributed by atoms with Crippen LogP contribution in [0.2, 0.25) is 5.02 Å². The topological polar surface area (TPSA) is 53.2 Å². The van der Waals surface area contributed by atoms with Gasteiger partial charge in [-0.3, -0.25) is 0 Å². The standard InChI is InChI=1S/C25H23ClN2O2S/c1-2-17-7-13-20(14-8-17)31(29,30)28-16-15-22-21-5-3-4-6-23(21)27-24(22)25(28)18-9-11-19(26)12-10-18/h3-14,25,27H,2,15-16H2,1H3/t25-/m0/s1. The normalized spacial score (nSPS) is 17.0. The highest BCUT2D eigenvalue weighted by atomic mass is 35.5. The molecule has 1 atom stereocenters. The first-order chi connectivity index (χ1) is 15.0. The van der Waals surface area contributed by atoms with Gasteiger partial charge in [-0.05, 0) is 59.9 Å². The Morgan fingerprint density at radius 3 is 2.42 bits per heavy atom. The molecule has 0 spiro atoms. The second kappa shape index (κ2) is 7.83. The minimum atomic E-state index is -3.69. The van der Waals surface area contributed by atoms with E-state index >= 15 is 0 Å². The van der Waals surface area contributed by atoms with Crippen molar-refractivity contribution in [3.63, 3.8) is 0 Å². The highest BCUT2D eigenvalue weighted by Crippen LogP contribution is 2.41. The highest BCUT2D eigenvalue weighted by Gasteiger charge is 2.39. The predicted octanol–water partition coefficient (Wildman–Crippen LogP) is 5.72. The van der Waals surface area contributed by atoms with Crippen LogP contribution in [-0.2, 0) is 22.9 Å². The molecule has 0 radical (unpaired) electrons. The Morgan fingerprint density at radius 1 is 1.00 bits per heavy atom. The highest BCUT2D eigenvalue weighted by molar-refractivity contribution is 7.89. The average Bonchev–Trinajstić information content (AvgIpc) is 3.18. The van der Waals surface area contributed by atoms with E-state index in [1.807, 2.05) is 54.6 Å². The number of fused-ring (bicyclic) bond motifs is 3. The van der Waals surface area contributed by atoms with E-state index in [1.165, 1.54) is 5.56 Å². The van der Waals surface area contributed by atoms with Gasteiger partial charge in [0.1, 0.15) is 0 Å². The summed E-state index contributed by atoms with van der Waals surface area (Å²) in [6.45, 7) is 2.47. The van der Waals surface area contributed by atoms with Crippen LogP contribution in [0.15, 0.2) is 77.7 Å². The van der Waals surface area contributed by atoms with Crippen molar-refractivity contribution >= 4 is 32.5 Å². The number of H-pyrrole nitrogens is 1. The van der Waals surface area contributed by atoms with Gasteiger partial charge >= 0.3 is 0 Å². The lowest BCUT2D eigenvalue weighted by atomic mass is 9.94. The summed E-state index contributed by atoms with van der Waals surface area (Å²) in [4.78, 5) is 3.83. The van der Waals surface area contributed by atoms with E-state index in [2.05, 4.69) is 18.0 Å². The Kier molecular flexibility index (Phi) is 5.13. The summed E-state index contributed by atoms with van der Waals surface area (Å²) in [5.41, 5.74) is 5.15. The minimum absolute atomic E-state index is 0.322. The van der Waals surface area contributed by atoms with Crippen LogP contribution in [0.25, 0.3) is 10.9 Å². The van der Waals surface area contributed by atoms with Crippen molar-refractivity contribution in [2.75, 3.05) is 6.54 Å². The van der Waals surface area contributed by atoms with Crippen LogP contribution >= 0.6 is 11.6 Å². The molecule has 1 N–H and O–H groups in total. The molecule has 0 unspecified atom stereocenters. The molecule has 0 saturated carbocycles. The maximum Gasteiger partial charge on any atom is 0.244 e. The molecule has 3 aromatic carbocycles. The molecule has 0 aliphatic carbocycles. The average molecular weight is 451 g/mol. The lowest BCUT2D eigenvalue weighted by Gasteiger charge is -2.35. The van der Waals surface area contributed by atoms with Gasteiger partial charge in [0.15, 0.2) is 0 Å². The molecular weight excluding hydrogens is 428 g/mol. The number of halogens is 1. The quantitative estimate of drug-likeness (QED) is 0.432. The first-order valence-electron chi connectivity index (χ1n) is 10.4. The maximum absolute atomic E-state index is 13.7. The number of hydrogen-bond donors (Lipinski definition) is 1. The third-order valence-corrected chi connectivity index (χ3v) is 8.24. The zero-order valence-electron chi connectivity index (χ0n) is 17.2. The van der Waals surface area contributed by atoms with Gasteiger partial charge < -0.3 is 4.98 Å². The molecular formula is C25H23ClN2O2S. The predicted molar refractivity (Wildman–Crippen MR) is 125 cm³/mol. The number of rotatable bonds is 4. The summed E-state index contributed by atoms with van der Waals surface area (Å²) in [5.74, 6) is 0. The van der Waals surface area contributed by atoms with E-state index < -0.39 is 16.1 Å². The molecule has 5 rings (SSSR count). The molecule has 0 fully saturated rings. The smallest absolute Gasteiger partial charge is 0.244 e. The third-order valence-electron chi connectivity index (χ3n) is 6.11. The summed E-state index contributed by atoms with van der Waals surface area (Å²) in [5, 5.41) is 1.78. The van der Waals surface area contributed by atoms with E-state index in [0.717, 1.165) is 34.1 Å². The van der Waals surface area contributed by atoms with Gasteiger partial charge in [0.25, 0.3) is 0 Å². The summed E-state index contributed by atoms with van der Waals surface area (Å²) < 4.78 is 29.1. The lowest BCUT2D eigenvalue weighted by molar-refractivity contribution is 0.340. The SMILES string of the molecule is CCc1ccc(S(=O)(=O)N2CCc3c([nH]c4ccccc34)[C@@H]2c2ccc(Cl)cc2)cc1. The summed E-state index contributed by atoms with van der Waals surface area (Å²) in [6.07, 6.45) is 1.53. The van der Waals surface area contributed by atoms with Crippen molar-refractivity contribution in [2.45, 2.75) is 30.7 Å². The van der Waals surface area contributed by atoms with Gasteiger partial charge in [0.05, 0.1) is 10.9 Å². The van der Waals surface area contributed by atoms with E-state index in [-0.39, 0.29) is 0 Å². The van der Waals surface area contributed by atoms with Crippen molar-refractivity contribution < 1.29 is 8.42 Å². The van der Waals surface area contributed by atoms with Gasteiger partial charge in [0.2, 0.25) is 10.0 Å². The van der Waals surface area contributed by atoms with Crippen molar-refractivity contribution in [1.82, 2.24) is 9.29 Å². The number of benzene rings is 3. The fraction of sp³-hybridized carbons (Fsp3) is 0.200. The number of hydrogen-bond acceptors (Lipinski definition) is 2. The summed E-state index contributed by atoms with van der Waals surface area (Å²) >= 11 is 6.13. The number of nitrogens with one attached hydrogen (secondary N) is 1. The Balaban J connectivity index is 1.68. The zero-order valence-corrected chi connectivity index (χ0v) is 18.7. The molecule has 2 heterocycles. The largest absolute Gasteiger partial charge is 0.357 e. The molecule has 4 aromatic rings. The summed E-state index contributed by atoms with van der Waals surface area (Å²) in [7, 11) is -3.69. The number of aromatic nitrogens is 1. The summed E-state index contributed by atoms with van der Waals surface area (Å²) in [6, 6.07) is 22.4. The number of nitrogens with zero attached hydrogens (tertiary/aromatic N) is 1. The fourth-order valence-electron chi connectivity index (χ4n) is 4.49. The van der Waals surface area contributed by atoms with Crippen molar-refractivity contribution in [3.05, 3.63) is 100 Å². The van der Waals surface area contributed by atoms with Gasteiger partial charge in [-0.25, -0.2) is 8.42 Å².